The third kappa shape index (κ3) is 2.33. The van der Waals surface area contributed by atoms with Crippen molar-refractivity contribution in [3.63, 3.8) is 0 Å². The summed E-state index contributed by atoms with van der Waals surface area (Å²) in [4.78, 5) is 0. The van der Waals surface area contributed by atoms with Crippen LogP contribution in [-0.4, -0.2) is 29.6 Å². The summed E-state index contributed by atoms with van der Waals surface area (Å²) >= 11 is 6.37. The molecule has 3 nitrogen and oxygen atoms in total. The summed E-state index contributed by atoms with van der Waals surface area (Å²) in [5, 5.41) is 20.8. The van der Waals surface area contributed by atoms with E-state index in [2.05, 4.69) is 38.1 Å². The summed E-state index contributed by atoms with van der Waals surface area (Å²) in [5.74, 6) is 0. The average Bonchev–Trinajstić information content (AvgIpc) is 2.68. The van der Waals surface area contributed by atoms with Crippen molar-refractivity contribution in [3.8, 4) is 0 Å². The molecule has 0 saturated carbocycles. The zero-order valence-corrected chi connectivity index (χ0v) is 14.4. The first kappa shape index (κ1) is 15.6. The second kappa shape index (κ2) is 4.91. The number of nitrogens with zero attached hydrogens (tertiary/aromatic N) is 1. The Bertz CT molecular complexity index is 646. The van der Waals surface area contributed by atoms with E-state index in [0.717, 1.165) is 10.9 Å². The van der Waals surface area contributed by atoms with Crippen LogP contribution in [0.15, 0.2) is 24.4 Å². The van der Waals surface area contributed by atoms with Crippen molar-refractivity contribution in [3.05, 3.63) is 29.4 Å². The second-order valence-electron chi connectivity index (χ2n) is 6.77. The molecule has 0 amide bonds. The molecule has 20 heavy (non-hydrogen) atoms. The van der Waals surface area contributed by atoms with Gasteiger partial charge in [-0.2, -0.15) is 0 Å². The van der Waals surface area contributed by atoms with E-state index in [1.807, 2.05) is 24.4 Å². The molecule has 0 radical (unpaired) electrons. The standard InChI is InChI=1S/C14H21BClNO2Si/c1-14(2,3)20(4,5)17-9-11(15(18)19)10-7-6-8-12(16)13(10)17/h6-9,18-19H,1-5H3. The van der Waals surface area contributed by atoms with E-state index in [4.69, 9.17) is 11.6 Å². The molecule has 0 aliphatic heterocycles. The van der Waals surface area contributed by atoms with Crippen molar-refractivity contribution < 1.29 is 10.0 Å². The topological polar surface area (TPSA) is 45.4 Å². The number of aromatic nitrogens is 1. The summed E-state index contributed by atoms with van der Waals surface area (Å²) in [5.41, 5.74) is 1.43. The van der Waals surface area contributed by atoms with Crippen molar-refractivity contribution >= 4 is 43.3 Å². The molecule has 108 valence electrons. The number of para-hydroxylation sites is 1. The minimum absolute atomic E-state index is 0.121. The van der Waals surface area contributed by atoms with Gasteiger partial charge in [-0.15, -0.1) is 0 Å². The minimum Gasteiger partial charge on any atom is -0.423 e. The molecule has 0 spiro atoms. The Kier molecular flexibility index (Phi) is 3.84. The van der Waals surface area contributed by atoms with E-state index in [1.54, 1.807) is 0 Å². The van der Waals surface area contributed by atoms with Gasteiger partial charge >= 0.3 is 7.12 Å². The van der Waals surface area contributed by atoms with E-state index >= 15 is 0 Å². The van der Waals surface area contributed by atoms with E-state index < -0.39 is 15.4 Å². The maximum atomic E-state index is 9.61. The zero-order chi connectivity index (χ0) is 15.3. The molecule has 2 rings (SSSR count). The van der Waals surface area contributed by atoms with Crippen LogP contribution < -0.4 is 5.46 Å². The molecule has 0 aliphatic carbocycles. The number of halogens is 1. The highest BCUT2D eigenvalue weighted by Crippen LogP contribution is 2.39. The first-order chi connectivity index (χ1) is 9.07. The Morgan fingerprint density at radius 2 is 1.80 bits per heavy atom. The average molecular weight is 310 g/mol. The summed E-state index contributed by atoms with van der Waals surface area (Å²) in [6.07, 6.45) is 1.86. The fourth-order valence-electron chi connectivity index (χ4n) is 2.27. The highest BCUT2D eigenvalue weighted by atomic mass is 35.5. The zero-order valence-electron chi connectivity index (χ0n) is 12.6. The van der Waals surface area contributed by atoms with Crippen LogP contribution in [0.25, 0.3) is 10.9 Å². The molecule has 2 aromatic rings. The molecule has 1 aromatic carbocycles. The predicted octanol–water partition coefficient (Wildman–Crippen LogP) is 2.83. The van der Waals surface area contributed by atoms with Gasteiger partial charge in [0.05, 0.1) is 10.5 Å². The van der Waals surface area contributed by atoms with Gasteiger partial charge in [-0.05, 0) is 17.3 Å². The number of hydrogen-bond donors (Lipinski definition) is 2. The lowest BCUT2D eigenvalue weighted by atomic mass is 9.80. The van der Waals surface area contributed by atoms with Gasteiger partial charge in [0.25, 0.3) is 0 Å². The molecular formula is C14H21BClNO2Si. The van der Waals surface area contributed by atoms with Crippen LogP contribution in [0.1, 0.15) is 20.8 Å². The Hall–Kier alpha value is -0.748. The van der Waals surface area contributed by atoms with Gasteiger partial charge < -0.3 is 14.3 Å². The first-order valence-electron chi connectivity index (χ1n) is 6.73. The Morgan fingerprint density at radius 1 is 1.20 bits per heavy atom. The Labute approximate surface area is 126 Å². The molecule has 0 saturated heterocycles. The van der Waals surface area contributed by atoms with Crippen LogP contribution in [0.3, 0.4) is 0 Å². The van der Waals surface area contributed by atoms with Crippen LogP contribution in [0.2, 0.25) is 23.2 Å². The van der Waals surface area contributed by atoms with Gasteiger partial charge in [0.1, 0.15) is 0 Å². The normalized spacial score (nSPS) is 13.0. The fraction of sp³-hybridized carbons (Fsp3) is 0.429. The molecule has 0 bridgehead atoms. The van der Waals surface area contributed by atoms with Crippen LogP contribution in [0, 0.1) is 0 Å². The fourth-order valence-corrected chi connectivity index (χ4v) is 4.60. The summed E-state index contributed by atoms with van der Waals surface area (Å²) in [6.45, 7) is 11.2. The number of benzene rings is 1. The lowest BCUT2D eigenvalue weighted by Crippen LogP contribution is -2.45. The maximum Gasteiger partial charge on any atom is 0.490 e. The largest absolute Gasteiger partial charge is 0.490 e. The predicted molar refractivity (Wildman–Crippen MR) is 89.4 cm³/mol. The van der Waals surface area contributed by atoms with Crippen molar-refractivity contribution in [2.24, 2.45) is 0 Å². The number of hydrogen-bond acceptors (Lipinski definition) is 2. The molecule has 2 N–H and O–H groups in total. The highest BCUT2D eigenvalue weighted by Gasteiger charge is 2.39. The van der Waals surface area contributed by atoms with Crippen molar-refractivity contribution in [1.29, 1.82) is 0 Å². The molecule has 0 unspecified atom stereocenters. The third-order valence-electron chi connectivity index (χ3n) is 4.52. The SMILES string of the molecule is CC(C)(C)[Si](C)(C)n1cc(B(O)O)c2cccc(Cl)c21. The van der Waals surface area contributed by atoms with E-state index in [1.165, 1.54) is 0 Å². The van der Waals surface area contributed by atoms with Gasteiger partial charge in [0.15, 0.2) is 8.24 Å². The summed E-state index contributed by atoms with van der Waals surface area (Å²) in [7, 11) is -3.38. The van der Waals surface area contributed by atoms with Gasteiger partial charge in [-0.25, -0.2) is 0 Å². The van der Waals surface area contributed by atoms with Crippen LogP contribution in [-0.2, 0) is 0 Å². The van der Waals surface area contributed by atoms with Gasteiger partial charge in [-0.3, -0.25) is 0 Å². The summed E-state index contributed by atoms with van der Waals surface area (Å²) < 4.78 is 2.19. The van der Waals surface area contributed by atoms with Gasteiger partial charge in [-0.1, -0.05) is 57.6 Å². The van der Waals surface area contributed by atoms with Gasteiger partial charge in [0.2, 0.25) is 0 Å². The van der Waals surface area contributed by atoms with E-state index in [0.29, 0.717) is 10.5 Å². The van der Waals surface area contributed by atoms with E-state index in [9.17, 15) is 10.0 Å². The lowest BCUT2D eigenvalue weighted by Gasteiger charge is -2.38. The maximum absolute atomic E-state index is 9.61. The molecule has 6 heteroatoms. The quantitative estimate of drug-likeness (QED) is 0.838. The monoisotopic (exact) mass is 309 g/mol. The summed E-state index contributed by atoms with van der Waals surface area (Å²) in [6, 6.07) is 5.58. The molecule has 1 aromatic heterocycles. The Balaban J connectivity index is 2.84. The smallest absolute Gasteiger partial charge is 0.423 e. The molecule has 1 heterocycles. The van der Waals surface area contributed by atoms with Crippen molar-refractivity contribution in [2.45, 2.75) is 38.9 Å². The second-order valence-corrected chi connectivity index (χ2v) is 12.3. The molecular weight excluding hydrogens is 289 g/mol. The van der Waals surface area contributed by atoms with Crippen molar-refractivity contribution in [1.82, 2.24) is 4.23 Å². The number of rotatable bonds is 2. The molecule has 0 atom stereocenters. The van der Waals surface area contributed by atoms with E-state index in [-0.39, 0.29) is 5.04 Å². The first-order valence-corrected chi connectivity index (χ1v) is 10.1. The Morgan fingerprint density at radius 3 is 2.30 bits per heavy atom. The molecule has 0 aliphatic rings. The number of fused-ring (bicyclic) bond motifs is 1. The van der Waals surface area contributed by atoms with Crippen LogP contribution in [0.5, 0.6) is 0 Å². The molecule has 0 fully saturated rings. The van der Waals surface area contributed by atoms with Gasteiger partial charge in [0, 0.05) is 10.8 Å². The lowest BCUT2D eigenvalue weighted by molar-refractivity contribution is 0.426. The minimum atomic E-state index is -1.89. The van der Waals surface area contributed by atoms with Crippen LogP contribution in [0.4, 0.5) is 0 Å². The van der Waals surface area contributed by atoms with Crippen LogP contribution >= 0.6 is 11.6 Å². The highest BCUT2D eigenvalue weighted by molar-refractivity contribution is 6.80. The van der Waals surface area contributed by atoms with Crippen molar-refractivity contribution in [2.75, 3.05) is 0 Å². The third-order valence-corrected chi connectivity index (χ3v) is 10.1.